The molecule has 27 heavy (non-hydrogen) atoms. The van der Waals surface area contributed by atoms with Crippen molar-refractivity contribution in [3.05, 3.63) is 34.3 Å². The highest BCUT2D eigenvalue weighted by Crippen LogP contribution is 2.21. The first-order valence-corrected chi connectivity index (χ1v) is 10.1. The molecule has 6 nitrogen and oxygen atoms in total. The average molecular weight is 448 g/mol. The van der Waals surface area contributed by atoms with Gasteiger partial charge in [-0.25, -0.2) is 4.79 Å². The molecule has 0 saturated heterocycles. The van der Waals surface area contributed by atoms with E-state index in [1.54, 1.807) is 29.0 Å². The normalized spacial score (nSPS) is 10.6. The molecule has 0 saturated carbocycles. The molecule has 0 radical (unpaired) electrons. The Morgan fingerprint density at radius 2 is 1.70 bits per heavy atom. The van der Waals surface area contributed by atoms with Crippen LogP contribution in [0.3, 0.4) is 0 Å². The number of carbonyl (C=O) groups is 3. The van der Waals surface area contributed by atoms with Crippen LogP contribution in [0.4, 0.5) is 13.2 Å². The number of alkyl halides is 3. The van der Waals surface area contributed by atoms with Gasteiger partial charge in [0.2, 0.25) is 0 Å². The Hall–Kier alpha value is -1.59. The molecular weight excluding hydrogens is 431 g/mol. The van der Waals surface area contributed by atoms with E-state index in [-0.39, 0.29) is 12.3 Å². The molecular formula is C15H17ClF3NO5S2. The molecule has 0 unspecified atom stereocenters. The summed E-state index contributed by atoms with van der Waals surface area (Å²) in [6.45, 7) is 2.39. The number of carboxylic acid groups (broad SMARTS) is 2. The summed E-state index contributed by atoms with van der Waals surface area (Å²) in [6, 6.07) is 5.16. The zero-order chi connectivity index (χ0) is 21.0. The van der Waals surface area contributed by atoms with Crippen molar-refractivity contribution in [1.29, 1.82) is 0 Å². The average Bonchev–Trinajstić information content (AvgIpc) is 2.53. The molecule has 0 aliphatic rings. The zero-order valence-electron chi connectivity index (χ0n) is 14.0. The van der Waals surface area contributed by atoms with E-state index in [9.17, 15) is 22.8 Å². The van der Waals surface area contributed by atoms with E-state index in [0.717, 1.165) is 11.3 Å². The molecule has 0 atom stereocenters. The number of nitrogens with one attached hydrogen (secondary N) is 1. The Balaban J connectivity index is 0.000000821. The summed E-state index contributed by atoms with van der Waals surface area (Å²) < 4.78 is 31.7. The third-order valence-electron chi connectivity index (χ3n) is 2.63. The van der Waals surface area contributed by atoms with E-state index in [2.05, 4.69) is 5.32 Å². The highest BCUT2D eigenvalue weighted by Gasteiger charge is 2.38. The van der Waals surface area contributed by atoms with Crippen molar-refractivity contribution in [2.75, 3.05) is 18.1 Å². The molecule has 0 spiro atoms. The second kappa shape index (κ2) is 12.7. The van der Waals surface area contributed by atoms with Gasteiger partial charge in [-0.05, 0) is 30.7 Å². The predicted molar refractivity (Wildman–Crippen MR) is 99.4 cm³/mol. The minimum atomic E-state index is -5.08. The van der Waals surface area contributed by atoms with Crippen LogP contribution in [0.15, 0.2) is 18.2 Å². The fourth-order valence-corrected chi connectivity index (χ4v) is 3.54. The van der Waals surface area contributed by atoms with Crippen molar-refractivity contribution in [3.8, 4) is 0 Å². The highest BCUT2D eigenvalue weighted by atomic mass is 35.5. The second-order valence-corrected chi connectivity index (χ2v) is 7.94. The molecule has 12 heteroatoms. The molecule has 3 N–H and O–H groups in total. The van der Waals surface area contributed by atoms with Crippen molar-refractivity contribution in [2.45, 2.75) is 19.5 Å². The molecule has 0 aromatic heterocycles. The predicted octanol–water partition coefficient (Wildman–Crippen LogP) is 3.87. The number of aryl methyl sites for hydroxylation is 1. The van der Waals surface area contributed by atoms with Crippen LogP contribution in [-0.4, -0.2) is 52.3 Å². The molecule has 152 valence electrons. The van der Waals surface area contributed by atoms with E-state index >= 15 is 0 Å². The largest absolute Gasteiger partial charge is 0.490 e. The molecule has 0 fully saturated rings. The number of benzene rings is 1. The third kappa shape index (κ3) is 12.4. The number of hydrogen-bond donors (Lipinski definition) is 3. The van der Waals surface area contributed by atoms with Crippen molar-refractivity contribution in [2.24, 2.45) is 0 Å². The number of amides is 1. The van der Waals surface area contributed by atoms with Gasteiger partial charge in [0.1, 0.15) is 0 Å². The standard InChI is InChI=1S/C13H16ClNO3S2.C2HF3O2/c1-9-8-10(14)2-3-11(9)13(18)15-5-7-20-19-6-4-12(16)17;3-2(4,5)1(6)7/h2-3,8H,4-7H2,1H3,(H,15,18)(H,16,17);(H,6,7). The molecule has 0 heterocycles. The van der Waals surface area contributed by atoms with Gasteiger partial charge in [-0.15, -0.1) is 0 Å². The smallest absolute Gasteiger partial charge is 0.481 e. The molecule has 1 amide bonds. The van der Waals surface area contributed by atoms with Crippen LogP contribution in [0.5, 0.6) is 0 Å². The molecule has 1 aromatic rings. The van der Waals surface area contributed by atoms with Gasteiger partial charge >= 0.3 is 18.1 Å². The lowest BCUT2D eigenvalue weighted by atomic mass is 10.1. The third-order valence-corrected chi connectivity index (χ3v) is 5.27. The topological polar surface area (TPSA) is 104 Å². The van der Waals surface area contributed by atoms with E-state index in [0.29, 0.717) is 22.9 Å². The van der Waals surface area contributed by atoms with Gasteiger partial charge in [-0.2, -0.15) is 13.2 Å². The molecule has 1 aromatic carbocycles. The maximum atomic E-state index is 11.9. The summed E-state index contributed by atoms with van der Waals surface area (Å²) >= 11 is 5.84. The van der Waals surface area contributed by atoms with Crippen LogP contribution in [0.1, 0.15) is 22.3 Å². The lowest BCUT2D eigenvalue weighted by Gasteiger charge is -2.07. The Bertz CT molecular complexity index is 659. The molecule has 0 bridgehead atoms. The van der Waals surface area contributed by atoms with E-state index in [4.69, 9.17) is 26.6 Å². The summed E-state index contributed by atoms with van der Waals surface area (Å²) in [7, 11) is 3.06. The van der Waals surface area contributed by atoms with Crippen LogP contribution in [0.2, 0.25) is 5.02 Å². The van der Waals surface area contributed by atoms with Gasteiger partial charge in [0.05, 0.1) is 6.42 Å². The van der Waals surface area contributed by atoms with Crippen molar-refractivity contribution < 1.29 is 37.8 Å². The van der Waals surface area contributed by atoms with E-state index < -0.39 is 18.1 Å². The van der Waals surface area contributed by atoms with Crippen LogP contribution >= 0.6 is 33.2 Å². The lowest BCUT2D eigenvalue weighted by molar-refractivity contribution is -0.192. The number of carbonyl (C=O) groups excluding carboxylic acids is 1. The second-order valence-electron chi connectivity index (χ2n) is 4.81. The summed E-state index contributed by atoms with van der Waals surface area (Å²) in [6.07, 6.45) is -4.92. The van der Waals surface area contributed by atoms with Crippen LogP contribution < -0.4 is 5.32 Å². The number of rotatable bonds is 8. The Kier molecular flexibility index (Phi) is 12.0. The SMILES string of the molecule is Cc1cc(Cl)ccc1C(=O)NCCSSCCC(=O)O.O=C(O)C(F)(F)F. The van der Waals surface area contributed by atoms with E-state index in [1.165, 1.54) is 10.8 Å². The van der Waals surface area contributed by atoms with Crippen LogP contribution in [0.25, 0.3) is 0 Å². The zero-order valence-corrected chi connectivity index (χ0v) is 16.4. The first kappa shape index (κ1) is 25.4. The highest BCUT2D eigenvalue weighted by molar-refractivity contribution is 8.76. The lowest BCUT2D eigenvalue weighted by Crippen LogP contribution is -2.26. The van der Waals surface area contributed by atoms with E-state index in [1.807, 2.05) is 6.92 Å². The quantitative estimate of drug-likeness (QED) is 0.410. The van der Waals surface area contributed by atoms with Gasteiger partial charge in [0.15, 0.2) is 0 Å². The number of carboxylic acids is 2. The maximum absolute atomic E-state index is 11.9. The number of hydrogen-bond acceptors (Lipinski definition) is 5. The fraction of sp³-hybridized carbons (Fsp3) is 0.400. The minimum absolute atomic E-state index is 0.115. The van der Waals surface area contributed by atoms with Gasteiger partial charge in [-0.1, -0.05) is 33.2 Å². The first-order chi connectivity index (χ1) is 12.4. The van der Waals surface area contributed by atoms with Gasteiger partial charge in [0, 0.05) is 28.6 Å². The summed E-state index contributed by atoms with van der Waals surface area (Å²) in [5.41, 5.74) is 1.47. The fourth-order valence-electron chi connectivity index (χ4n) is 1.43. The number of halogens is 4. The summed E-state index contributed by atoms with van der Waals surface area (Å²) in [4.78, 5) is 31.1. The summed E-state index contributed by atoms with van der Waals surface area (Å²) in [5, 5.41) is 19.0. The molecule has 0 aliphatic carbocycles. The summed E-state index contributed by atoms with van der Waals surface area (Å²) in [5.74, 6) is -2.35. The Morgan fingerprint density at radius 3 is 2.19 bits per heavy atom. The van der Waals surface area contributed by atoms with Gasteiger partial charge in [-0.3, -0.25) is 9.59 Å². The molecule has 0 aliphatic heterocycles. The van der Waals surface area contributed by atoms with Crippen LogP contribution in [0, 0.1) is 6.92 Å². The first-order valence-electron chi connectivity index (χ1n) is 7.25. The van der Waals surface area contributed by atoms with Gasteiger partial charge in [0.25, 0.3) is 5.91 Å². The van der Waals surface area contributed by atoms with Crippen LogP contribution in [-0.2, 0) is 9.59 Å². The van der Waals surface area contributed by atoms with Crippen molar-refractivity contribution in [1.82, 2.24) is 5.32 Å². The number of aliphatic carboxylic acids is 2. The monoisotopic (exact) mass is 447 g/mol. The van der Waals surface area contributed by atoms with Crippen molar-refractivity contribution in [3.63, 3.8) is 0 Å². The Labute approximate surface area is 166 Å². The van der Waals surface area contributed by atoms with Crippen molar-refractivity contribution >= 4 is 51.0 Å². The molecule has 1 rings (SSSR count). The van der Waals surface area contributed by atoms with Gasteiger partial charge < -0.3 is 15.5 Å². The maximum Gasteiger partial charge on any atom is 0.490 e. The minimum Gasteiger partial charge on any atom is -0.481 e. The Morgan fingerprint density at radius 1 is 1.15 bits per heavy atom.